The van der Waals surface area contributed by atoms with Crippen LogP contribution in [0.5, 0.6) is 0 Å². The number of piperidine rings is 3. The van der Waals surface area contributed by atoms with Crippen LogP contribution in [0.15, 0.2) is 30.5 Å². The Morgan fingerprint density at radius 1 is 1.08 bits per heavy atom. The molecule has 4 nitrogen and oxygen atoms in total. The second kappa shape index (κ2) is 6.80. The van der Waals surface area contributed by atoms with Crippen molar-refractivity contribution >= 4 is 16.9 Å². The lowest BCUT2D eigenvalue weighted by molar-refractivity contribution is -0.0216. The average Bonchev–Trinajstić information content (AvgIpc) is 2.68. The number of benzene rings is 1. The van der Waals surface area contributed by atoms with Gasteiger partial charge >= 0.3 is 0 Å². The molecule has 0 N–H and O–H groups in total. The van der Waals surface area contributed by atoms with Crippen LogP contribution in [0, 0.1) is 11.8 Å². The Bertz CT molecular complexity index is 774. The van der Waals surface area contributed by atoms with Gasteiger partial charge in [-0.1, -0.05) is 31.9 Å². The van der Waals surface area contributed by atoms with Crippen molar-refractivity contribution in [2.45, 2.75) is 57.5 Å². The summed E-state index contributed by atoms with van der Waals surface area (Å²) in [6, 6.07) is 9.86. The molecule has 4 heteroatoms. The molecule has 0 saturated carbocycles. The summed E-state index contributed by atoms with van der Waals surface area (Å²) in [5, 5.41) is 0. The van der Waals surface area contributed by atoms with Gasteiger partial charge in [0.25, 0.3) is 0 Å². The lowest BCUT2D eigenvalue weighted by atomic mass is 9.74. The molecule has 5 rings (SSSR count). The molecule has 1 aromatic heterocycles. The van der Waals surface area contributed by atoms with Crippen molar-refractivity contribution < 1.29 is 0 Å². The first-order valence-corrected chi connectivity index (χ1v) is 10.5. The molecule has 3 aliphatic rings. The summed E-state index contributed by atoms with van der Waals surface area (Å²) in [7, 11) is 0. The van der Waals surface area contributed by atoms with Gasteiger partial charge < -0.3 is 4.90 Å². The number of nitrogens with zero attached hydrogens (tertiary/aromatic N) is 4. The highest BCUT2D eigenvalue weighted by molar-refractivity contribution is 5.75. The Hall–Kier alpha value is -1.68. The number of hydrogen-bond acceptors (Lipinski definition) is 4. The van der Waals surface area contributed by atoms with Crippen molar-refractivity contribution in [3.05, 3.63) is 30.5 Å². The van der Waals surface area contributed by atoms with Gasteiger partial charge in [-0.25, -0.2) is 4.98 Å². The third-order valence-electron chi connectivity index (χ3n) is 6.90. The van der Waals surface area contributed by atoms with Crippen molar-refractivity contribution in [1.29, 1.82) is 0 Å². The summed E-state index contributed by atoms with van der Waals surface area (Å²) >= 11 is 0. The minimum atomic E-state index is 0.788. The van der Waals surface area contributed by atoms with Crippen molar-refractivity contribution in [2.75, 3.05) is 24.5 Å². The molecule has 4 heterocycles. The van der Waals surface area contributed by atoms with Gasteiger partial charge in [0.1, 0.15) is 5.82 Å². The zero-order valence-corrected chi connectivity index (χ0v) is 15.8. The number of fused-ring (bicyclic) bond motifs is 5. The molecule has 0 amide bonds. The molecule has 3 saturated heterocycles. The maximum absolute atomic E-state index is 4.92. The normalized spacial score (nSPS) is 31.8. The summed E-state index contributed by atoms with van der Waals surface area (Å²) in [5.74, 6) is 2.67. The van der Waals surface area contributed by atoms with Crippen LogP contribution in [-0.2, 0) is 0 Å². The van der Waals surface area contributed by atoms with E-state index in [4.69, 9.17) is 4.98 Å². The van der Waals surface area contributed by atoms with Crippen LogP contribution in [0.25, 0.3) is 11.0 Å². The largest absolute Gasteiger partial charge is 0.355 e. The minimum absolute atomic E-state index is 0.788. The van der Waals surface area contributed by atoms with Gasteiger partial charge in [-0.2, -0.15) is 0 Å². The molecule has 4 atom stereocenters. The molecular formula is C22H30N4. The quantitative estimate of drug-likeness (QED) is 0.834. The van der Waals surface area contributed by atoms with Crippen LogP contribution in [0.2, 0.25) is 0 Å². The highest BCUT2D eigenvalue weighted by atomic mass is 15.3. The van der Waals surface area contributed by atoms with Crippen molar-refractivity contribution in [1.82, 2.24) is 14.9 Å². The van der Waals surface area contributed by atoms with E-state index in [-0.39, 0.29) is 0 Å². The second-order valence-corrected chi connectivity index (χ2v) is 8.62. The van der Waals surface area contributed by atoms with E-state index >= 15 is 0 Å². The van der Waals surface area contributed by atoms with Crippen LogP contribution in [0.1, 0.15) is 45.4 Å². The van der Waals surface area contributed by atoms with Gasteiger partial charge in [0.2, 0.25) is 0 Å². The maximum Gasteiger partial charge on any atom is 0.147 e. The first-order valence-electron chi connectivity index (χ1n) is 10.5. The summed E-state index contributed by atoms with van der Waals surface area (Å²) in [6.07, 6.45) is 10.3. The number of hydrogen-bond donors (Lipinski definition) is 0. The van der Waals surface area contributed by atoms with E-state index in [0.29, 0.717) is 0 Å². The van der Waals surface area contributed by atoms with Gasteiger partial charge in [0, 0.05) is 31.7 Å². The Labute approximate surface area is 156 Å². The van der Waals surface area contributed by atoms with E-state index in [9.17, 15) is 0 Å². The summed E-state index contributed by atoms with van der Waals surface area (Å²) in [6.45, 7) is 5.94. The van der Waals surface area contributed by atoms with E-state index < -0.39 is 0 Å². The fourth-order valence-electron chi connectivity index (χ4n) is 5.84. The Morgan fingerprint density at radius 2 is 1.96 bits per heavy atom. The predicted octanol–water partition coefficient (Wildman–Crippen LogP) is 4.11. The Morgan fingerprint density at radius 3 is 2.85 bits per heavy atom. The van der Waals surface area contributed by atoms with Crippen molar-refractivity contribution in [2.24, 2.45) is 11.8 Å². The van der Waals surface area contributed by atoms with E-state index in [0.717, 1.165) is 53.9 Å². The fraction of sp³-hybridized carbons (Fsp3) is 0.636. The standard InChI is InChI=1S/C22H30N4/c1-2-6-18-7-5-10-21-17-11-16(14-26(18)21)13-25(15-17)22-12-23-19-8-3-4-9-20(19)24-22/h3-4,8-9,12,16-18,21H,2,5-7,10-11,13-15H2,1H3/t16-,17+,18-,21-/m0/s1. The van der Waals surface area contributed by atoms with Crippen LogP contribution in [0.3, 0.4) is 0 Å². The molecule has 2 bridgehead atoms. The van der Waals surface area contributed by atoms with Crippen LogP contribution in [0.4, 0.5) is 5.82 Å². The van der Waals surface area contributed by atoms with Gasteiger partial charge in [-0.3, -0.25) is 9.88 Å². The fourth-order valence-corrected chi connectivity index (χ4v) is 5.84. The molecule has 3 fully saturated rings. The molecule has 3 aliphatic heterocycles. The highest BCUT2D eigenvalue weighted by Crippen LogP contribution is 2.41. The summed E-state index contributed by atoms with van der Waals surface area (Å²) in [5.41, 5.74) is 2.01. The zero-order valence-electron chi connectivity index (χ0n) is 15.8. The first kappa shape index (κ1) is 16.5. The van der Waals surface area contributed by atoms with E-state index in [1.54, 1.807) is 0 Å². The van der Waals surface area contributed by atoms with Gasteiger partial charge in [-0.15, -0.1) is 0 Å². The predicted molar refractivity (Wildman–Crippen MR) is 106 cm³/mol. The molecule has 26 heavy (non-hydrogen) atoms. The third-order valence-corrected chi connectivity index (χ3v) is 6.90. The molecule has 0 unspecified atom stereocenters. The van der Waals surface area contributed by atoms with E-state index in [1.165, 1.54) is 45.1 Å². The molecule has 138 valence electrons. The Kier molecular flexibility index (Phi) is 4.32. The Balaban J connectivity index is 1.38. The van der Waals surface area contributed by atoms with Gasteiger partial charge in [0.15, 0.2) is 0 Å². The van der Waals surface area contributed by atoms with Crippen molar-refractivity contribution in [3.63, 3.8) is 0 Å². The van der Waals surface area contributed by atoms with E-state index in [2.05, 4.69) is 33.8 Å². The summed E-state index contributed by atoms with van der Waals surface area (Å²) in [4.78, 5) is 15.0. The number of aromatic nitrogens is 2. The number of rotatable bonds is 3. The molecule has 1 aromatic carbocycles. The van der Waals surface area contributed by atoms with E-state index in [1.807, 2.05) is 18.3 Å². The van der Waals surface area contributed by atoms with Gasteiger partial charge in [-0.05, 0) is 49.7 Å². The molecule has 0 radical (unpaired) electrons. The molecule has 2 aromatic rings. The van der Waals surface area contributed by atoms with Crippen LogP contribution >= 0.6 is 0 Å². The summed E-state index contributed by atoms with van der Waals surface area (Å²) < 4.78 is 0. The van der Waals surface area contributed by atoms with Crippen LogP contribution in [-0.4, -0.2) is 46.6 Å². The van der Waals surface area contributed by atoms with Crippen molar-refractivity contribution in [3.8, 4) is 0 Å². The number of anilines is 1. The average molecular weight is 351 g/mol. The highest BCUT2D eigenvalue weighted by Gasteiger charge is 2.44. The first-order chi connectivity index (χ1) is 12.8. The third kappa shape index (κ3) is 2.88. The lowest BCUT2D eigenvalue weighted by Gasteiger charge is -2.55. The molecular weight excluding hydrogens is 320 g/mol. The molecule has 0 spiro atoms. The van der Waals surface area contributed by atoms with Crippen LogP contribution < -0.4 is 4.90 Å². The maximum atomic E-state index is 4.92. The second-order valence-electron chi connectivity index (χ2n) is 8.62. The SMILES string of the molecule is CCC[C@H]1CCC[C@H]2[C@@H]3C[C@@H](CN(c4cnc5ccccc5n4)C3)CN12. The smallest absolute Gasteiger partial charge is 0.147 e. The minimum Gasteiger partial charge on any atom is -0.355 e. The zero-order chi connectivity index (χ0) is 17.5. The lowest BCUT2D eigenvalue weighted by Crippen LogP contribution is -2.61. The topological polar surface area (TPSA) is 32.3 Å². The van der Waals surface area contributed by atoms with Gasteiger partial charge in [0.05, 0.1) is 17.2 Å². The molecule has 0 aliphatic carbocycles. The monoisotopic (exact) mass is 350 g/mol. The number of para-hydroxylation sites is 2.